The van der Waals surface area contributed by atoms with Crippen molar-refractivity contribution in [2.45, 2.75) is 13.5 Å². The smallest absolute Gasteiger partial charge is 0.203 e. The Labute approximate surface area is 155 Å². The van der Waals surface area contributed by atoms with Crippen LogP contribution in [-0.2, 0) is 6.61 Å². The first-order chi connectivity index (χ1) is 12.6. The van der Waals surface area contributed by atoms with Crippen molar-refractivity contribution >= 4 is 22.7 Å². The molecule has 0 aliphatic rings. The Morgan fingerprint density at radius 1 is 1.23 bits per heavy atom. The number of anilines is 1. The molecule has 0 spiro atoms. The summed E-state index contributed by atoms with van der Waals surface area (Å²) in [6.45, 7) is 2.19. The number of thiazole rings is 1. The predicted molar refractivity (Wildman–Crippen MR) is 102 cm³/mol. The summed E-state index contributed by atoms with van der Waals surface area (Å²) in [5.41, 5.74) is 5.44. The van der Waals surface area contributed by atoms with Gasteiger partial charge in [0, 0.05) is 5.38 Å². The monoisotopic (exact) mass is 371 g/mol. The predicted octanol–water partition coefficient (Wildman–Crippen LogP) is 4.62. The van der Waals surface area contributed by atoms with E-state index in [1.54, 1.807) is 25.5 Å². The topological polar surface area (TPSA) is 55.7 Å². The Bertz CT molecular complexity index is 911. The molecular formula is C19H18FN3O2S. The maximum absolute atomic E-state index is 13.2. The molecule has 1 heterocycles. The fraction of sp³-hybridized carbons (Fsp3) is 0.158. The lowest BCUT2D eigenvalue weighted by molar-refractivity contribution is 0.284. The summed E-state index contributed by atoms with van der Waals surface area (Å²) in [6.07, 6.45) is 1.68. The van der Waals surface area contributed by atoms with Gasteiger partial charge in [0.15, 0.2) is 11.5 Å². The molecule has 0 saturated carbocycles. The minimum absolute atomic E-state index is 0.256. The average molecular weight is 371 g/mol. The number of nitrogens with one attached hydrogen (secondary N) is 1. The normalized spacial score (nSPS) is 10.9. The maximum Gasteiger partial charge on any atom is 0.203 e. The summed E-state index contributed by atoms with van der Waals surface area (Å²) >= 11 is 1.49. The van der Waals surface area contributed by atoms with Crippen molar-refractivity contribution in [2.75, 3.05) is 12.5 Å². The summed E-state index contributed by atoms with van der Waals surface area (Å²) in [7, 11) is 1.57. The number of aromatic nitrogens is 1. The number of nitrogens with zero attached hydrogens (tertiary/aromatic N) is 2. The lowest BCUT2D eigenvalue weighted by Gasteiger charge is -2.11. The van der Waals surface area contributed by atoms with Crippen LogP contribution >= 0.6 is 11.3 Å². The lowest BCUT2D eigenvalue weighted by atomic mass is 10.2. The van der Waals surface area contributed by atoms with E-state index >= 15 is 0 Å². The molecule has 1 N–H and O–H groups in total. The Morgan fingerprint density at radius 2 is 2.12 bits per heavy atom. The van der Waals surface area contributed by atoms with E-state index in [0.29, 0.717) is 11.5 Å². The van der Waals surface area contributed by atoms with Gasteiger partial charge >= 0.3 is 0 Å². The molecule has 5 nitrogen and oxygen atoms in total. The second-order valence-corrected chi connectivity index (χ2v) is 6.35. The molecule has 0 bridgehead atoms. The zero-order chi connectivity index (χ0) is 18.4. The van der Waals surface area contributed by atoms with Gasteiger partial charge in [-0.3, -0.25) is 5.43 Å². The highest BCUT2D eigenvalue weighted by Gasteiger charge is 2.06. The van der Waals surface area contributed by atoms with Crippen LogP contribution in [0.2, 0.25) is 0 Å². The molecule has 0 unspecified atom stereocenters. The van der Waals surface area contributed by atoms with Crippen molar-refractivity contribution in [3.63, 3.8) is 0 Å². The third-order valence-corrected chi connectivity index (χ3v) is 4.33. The number of aryl methyl sites for hydroxylation is 1. The van der Waals surface area contributed by atoms with Crippen LogP contribution in [0.1, 0.15) is 16.8 Å². The van der Waals surface area contributed by atoms with Gasteiger partial charge in [-0.1, -0.05) is 12.1 Å². The van der Waals surface area contributed by atoms with Crippen LogP contribution in [0, 0.1) is 12.7 Å². The van der Waals surface area contributed by atoms with Crippen molar-refractivity contribution in [1.82, 2.24) is 4.98 Å². The van der Waals surface area contributed by atoms with Gasteiger partial charge in [0.2, 0.25) is 5.13 Å². The number of hydrazone groups is 1. The molecule has 1 aromatic heterocycles. The molecule has 0 fully saturated rings. The number of ether oxygens (including phenoxy) is 2. The first-order valence-electron chi connectivity index (χ1n) is 7.90. The van der Waals surface area contributed by atoms with E-state index < -0.39 is 0 Å². The molecule has 2 aromatic carbocycles. The van der Waals surface area contributed by atoms with Crippen LogP contribution in [0.25, 0.3) is 0 Å². The van der Waals surface area contributed by atoms with Crippen molar-refractivity contribution in [2.24, 2.45) is 5.10 Å². The van der Waals surface area contributed by atoms with Crippen LogP contribution in [-0.4, -0.2) is 18.3 Å². The molecule has 0 atom stereocenters. The number of halogens is 1. The molecule has 3 aromatic rings. The first-order valence-corrected chi connectivity index (χ1v) is 8.78. The van der Waals surface area contributed by atoms with Gasteiger partial charge < -0.3 is 9.47 Å². The van der Waals surface area contributed by atoms with Crippen molar-refractivity contribution in [3.05, 3.63) is 70.5 Å². The Hall–Kier alpha value is -2.93. The largest absolute Gasteiger partial charge is 0.493 e. The van der Waals surface area contributed by atoms with Gasteiger partial charge in [-0.15, -0.1) is 11.3 Å². The molecule has 3 rings (SSSR count). The van der Waals surface area contributed by atoms with E-state index in [0.717, 1.165) is 22.0 Å². The Balaban J connectivity index is 1.65. The van der Waals surface area contributed by atoms with E-state index in [-0.39, 0.29) is 12.4 Å². The van der Waals surface area contributed by atoms with Crippen molar-refractivity contribution < 1.29 is 13.9 Å². The highest BCUT2D eigenvalue weighted by atomic mass is 32.1. The summed E-state index contributed by atoms with van der Waals surface area (Å²) in [5, 5.41) is 6.86. The molecule has 26 heavy (non-hydrogen) atoms. The SMILES string of the molecule is COc1cc(C=NNc2nc(C)cs2)ccc1OCc1cccc(F)c1. The second kappa shape index (κ2) is 8.44. The summed E-state index contributed by atoms with van der Waals surface area (Å²) in [5.74, 6) is 0.875. The minimum Gasteiger partial charge on any atom is -0.493 e. The van der Waals surface area contributed by atoms with Gasteiger partial charge in [0.25, 0.3) is 0 Å². The fourth-order valence-corrected chi connectivity index (χ4v) is 2.88. The summed E-state index contributed by atoms with van der Waals surface area (Å²) in [6, 6.07) is 11.8. The molecular weight excluding hydrogens is 353 g/mol. The zero-order valence-corrected chi connectivity index (χ0v) is 15.2. The Morgan fingerprint density at radius 3 is 2.85 bits per heavy atom. The van der Waals surface area contributed by atoms with Crippen LogP contribution < -0.4 is 14.9 Å². The minimum atomic E-state index is -0.285. The third-order valence-electron chi connectivity index (χ3n) is 3.46. The van der Waals surface area contributed by atoms with Gasteiger partial charge in [-0.2, -0.15) is 5.10 Å². The number of hydrogen-bond acceptors (Lipinski definition) is 6. The summed E-state index contributed by atoms with van der Waals surface area (Å²) in [4.78, 5) is 4.27. The van der Waals surface area contributed by atoms with E-state index in [4.69, 9.17) is 9.47 Å². The molecule has 7 heteroatoms. The van der Waals surface area contributed by atoms with Gasteiger partial charge in [0.1, 0.15) is 12.4 Å². The highest BCUT2D eigenvalue weighted by Crippen LogP contribution is 2.28. The molecule has 0 saturated heterocycles. The van der Waals surface area contributed by atoms with E-state index in [2.05, 4.69) is 15.5 Å². The van der Waals surface area contributed by atoms with Crippen molar-refractivity contribution in [3.8, 4) is 11.5 Å². The number of benzene rings is 2. The van der Waals surface area contributed by atoms with Crippen LogP contribution in [0.3, 0.4) is 0 Å². The fourth-order valence-electron chi connectivity index (χ4n) is 2.24. The second-order valence-electron chi connectivity index (χ2n) is 5.49. The standard InChI is InChI=1S/C19H18FN3O2S/c1-13-12-26-19(22-13)23-21-10-14-6-7-17(18(9-14)24-2)25-11-15-4-3-5-16(20)8-15/h3-10,12H,11H2,1-2H3,(H,22,23). The lowest BCUT2D eigenvalue weighted by Crippen LogP contribution is -1.99. The molecule has 0 aliphatic carbocycles. The van der Waals surface area contributed by atoms with Gasteiger partial charge in [-0.25, -0.2) is 9.37 Å². The first kappa shape index (κ1) is 17.9. The Kier molecular flexibility index (Phi) is 5.80. The van der Waals surface area contributed by atoms with E-state index in [9.17, 15) is 4.39 Å². The quantitative estimate of drug-likeness (QED) is 0.486. The zero-order valence-electron chi connectivity index (χ0n) is 14.4. The van der Waals surface area contributed by atoms with Gasteiger partial charge in [0.05, 0.1) is 19.0 Å². The molecule has 134 valence electrons. The average Bonchev–Trinajstić information content (AvgIpc) is 3.05. The number of hydrogen-bond donors (Lipinski definition) is 1. The van der Waals surface area contributed by atoms with Crippen LogP contribution in [0.15, 0.2) is 52.9 Å². The van der Waals surface area contributed by atoms with Crippen molar-refractivity contribution in [1.29, 1.82) is 0 Å². The van der Waals surface area contributed by atoms with Crippen LogP contribution in [0.4, 0.5) is 9.52 Å². The maximum atomic E-state index is 13.2. The van der Waals surface area contributed by atoms with Gasteiger partial charge in [-0.05, 0) is 48.4 Å². The molecule has 0 amide bonds. The van der Waals surface area contributed by atoms with E-state index in [1.165, 1.54) is 23.5 Å². The highest BCUT2D eigenvalue weighted by molar-refractivity contribution is 7.13. The molecule has 0 radical (unpaired) electrons. The van der Waals surface area contributed by atoms with E-state index in [1.807, 2.05) is 30.5 Å². The number of rotatable bonds is 7. The molecule has 0 aliphatic heterocycles. The van der Waals surface area contributed by atoms with Crippen LogP contribution in [0.5, 0.6) is 11.5 Å². The summed E-state index contributed by atoms with van der Waals surface area (Å²) < 4.78 is 24.3. The third kappa shape index (κ3) is 4.80. The number of methoxy groups -OCH3 is 1.